The van der Waals surface area contributed by atoms with Gasteiger partial charge in [-0.3, -0.25) is 0 Å². The summed E-state index contributed by atoms with van der Waals surface area (Å²) in [6.07, 6.45) is -0.536. The molecule has 4 aromatic carbocycles. The maximum Gasteiger partial charge on any atom is 0.291 e. The highest BCUT2D eigenvalue weighted by molar-refractivity contribution is 9.11. The first-order chi connectivity index (χ1) is 21.4. The molecule has 2 N–H and O–H groups in total. The monoisotopic (exact) mass is 842 g/mol. The first kappa shape index (κ1) is 28.1. The van der Waals surface area contributed by atoms with E-state index in [1.54, 1.807) is 22.3 Å². The number of nitrogens with zero attached hydrogens (tertiary/aromatic N) is 5. The molecule has 14 heteroatoms. The van der Waals surface area contributed by atoms with E-state index in [0.717, 1.165) is 21.3 Å². The fraction of sp³-hybridized carbons (Fsp3) is 0.100. The third-order valence-corrected chi connectivity index (χ3v) is 9.71. The summed E-state index contributed by atoms with van der Waals surface area (Å²) >= 11 is 14.5. The van der Waals surface area contributed by atoms with Gasteiger partial charge in [-0.25, -0.2) is 20.3 Å². The molecule has 4 aliphatic heterocycles. The summed E-state index contributed by atoms with van der Waals surface area (Å²) in [4.78, 5) is 4.64. The number of hydrazone groups is 2. The number of phenolic OH excluding ortho intramolecular Hbond substituents is 1. The number of nitrogens with one attached hydrogen (secondary N) is 1. The summed E-state index contributed by atoms with van der Waals surface area (Å²) in [5.74, 6) is 1.38. The van der Waals surface area contributed by atoms with Gasteiger partial charge in [-0.1, -0.05) is 36.4 Å². The van der Waals surface area contributed by atoms with Crippen molar-refractivity contribution in [3.8, 4) is 11.5 Å². The van der Waals surface area contributed by atoms with Crippen LogP contribution in [0.3, 0.4) is 0 Å². The van der Waals surface area contributed by atoms with Gasteiger partial charge in [0.15, 0.2) is 6.23 Å². The van der Waals surface area contributed by atoms with Crippen LogP contribution in [0.5, 0.6) is 11.5 Å². The molecule has 0 radical (unpaired) electrons. The first-order valence-electron chi connectivity index (χ1n) is 13.3. The van der Waals surface area contributed by atoms with Gasteiger partial charge in [-0.2, -0.15) is 0 Å². The number of ether oxygens (including phenoxy) is 3. The number of aliphatic imine (C=N–C) groups is 1. The van der Waals surface area contributed by atoms with E-state index in [1.165, 1.54) is 0 Å². The van der Waals surface area contributed by atoms with Gasteiger partial charge in [-0.05, 0) is 100 Å². The minimum absolute atomic E-state index is 0.00314. The molecule has 3 atom stereocenters. The van der Waals surface area contributed by atoms with Gasteiger partial charge in [-0.15, -0.1) is 10.2 Å². The lowest BCUT2D eigenvalue weighted by molar-refractivity contribution is 0.0630. The predicted molar refractivity (Wildman–Crippen MR) is 180 cm³/mol. The lowest BCUT2D eigenvalue weighted by atomic mass is 10.1. The van der Waals surface area contributed by atoms with Crippen LogP contribution in [0.15, 0.2) is 106 Å². The van der Waals surface area contributed by atoms with Gasteiger partial charge in [0.25, 0.3) is 12.7 Å². The van der Waals surface area contributed by atoms with Crippen molar-refractivity contribution in [3.63, 3.8) is 0 Å². The molecular formula is C30H18Br4N6O4. The van der Waals surface area contributed by atoms with E-state index in [0.29, 0.717) is 47.8 Å². The molecule has 0 saturated carbocycles. The smallest absolute Gasteiger partial charge is 0.291 e. The number of benzene rings is 4. The van der Waals surface area contributed by atoms with Gasteiger partial charge in [0.1, 0.15) is 11.5 Å². The quantitative estimate of drug-likeness (QED) is 0.219. The maximum absolute atomic E-state index is 11.3. The third kappa shape index (κ3) is 4.53. The van der Waals surface area contributed by atoms with Crippen LogP contribution in [-0.2, 0) is 9.47 Å². The van der Waals surface area contributed by atoms with Crippen LogP contribution in [0.1, 0.15) is 28.5 Å². The standard InChI is InChI=1S/C30H18Br4N6O4/c31-17-12-20(34)25(16-13-35-29-39(22(16)17)37-26(43-29)14-7-3-1-4-8-14)42-28-21-23(18(32)11-19(33)24(21)41)40-30(36-28)44-27(38-40)15-9-5-2-6-10-15/h1-13,28-30,36,41H/t28?,29-,30+/m0/s1. The molecule has 8 rings (SSSR count). The molecule has 4 heterocycles. The second kappa shape index (κ2) is 10.9. The minimum Gasteiger partial charge on any atom is -0.506 e. The van der Waals surface area contributed by atoms with Crippen molar-refractivity contribution in [2.75, 3.05) is 10.0 Å². The third-order valence-electron chi connectivity index (χ3n) is 7.30. The topological polar surface area (TPSA) is 104 Å². The van der Waals surface area contributed by atoms with Gasteiger partial charge in [0, 0.05) is 26.3 Å². The van der Waals surface area contributed by atoms with Crippen LogP contribution >= 0.6 is 63.7 Å². The molecule has 4 aromatic rings. The van der Waals surface area contributed by atoms with Gasteiger partial charge in [0.05, 0.1) is 31.4 Å². The fourth-order valence-corrected chi connectivity index (χ4v) is 8.17. The Morgan fingerprint density at radius 3 is 2.07 bits per heavy atom. The zero-order valence-corrected chi connectivity index (χ0v) is 28.5. The summed E-state index contributed by atoms with van der Waals surface area (Å²) in [6, 6.07) is 22.9. The van der Waals surface area contributed by atoms with Crippen LogP contribution in [-0.4, -0.2) is 35.8 Å². The Balaban J connectivity index is 1.20. The summed E-state index contributed by atoms with van der Waals surface area (Å²) < 4.78 is 21.7. The zero-order valence-electron chi connectivity index (χ0n) is 22.2. The molecule has 44 heavy (non-hydrogen) atoms. The molecule has 0 fully saturated rings. The maximum atomic E-state index is 11.3. The van der Waals surface area contributed by atoms with Crippen LogP contribution in [0.25, 0.3) is 0 Å². The largest absolute Gasteiger partial charge is 0.506 e. The molecular weight excluding hydrogens is 828 g/mol. The molecule has 4 aliphatic rings. The Kier molecular flexibility index (Phi) is 6.94. The number of aromatic hydroxyl groups is 1. The van der Waals surface area contributed by atoms with Crippen LogP contribution in [0.4, 0.5) is 11.4 Å². The van der Waals surface area contributed by atoms with Crippen molar-refractivity contribution >= 4 is 93.1 Å². The summed E-state index contributed by atoms with van der Waals surface area (Å²) in [7, 11) is 0. The Labute approximate surface area is 284 Å². The van der Waals surface area contributed by atoms with E-state index >= 15 is 0 Å². The van der Waals surface area contributed by atoms with E-state index in [9.17, 15) is 5.11 Å². The second-order valence-corrected chi connectivity index (χ2v) is 13.4. The Bertz CT molecular complexity index is 1920. The number of hydrogen-bond acceptors (Lipinski definition) is 10. The van der Waals surface area contributed by atoms with Gasteiger partial charge < -0.3 is 19.3 Å². The fourth-order valence-electron chi connectivity index (χ4n) is 5.33. The molecule has 0 bridgehead atoms. The number of anilines is 2. The molecule has 0 saturated heterocycles. The molecule has 0 amide bonds. The van der Waals surface area contributed by atoms with E-state index in [1.807, 2.05) is 66.7 Å². The summed E-state index contributed by atoms with van der Waals surface area (Å²) in [5.41, 5.74) is 4.11. The van der Waals surface area contributed by atoms with E-state index in [2.05, 4.69) is 74.0 Å². The SMILES string of the molecule is Oc1c(Br)cc(Br)c2c1C(Oc1c(Br)cc(Br)c3c1C=N[C@@H]1OC(c4ccccc4)=NN31)N[C@H]1OC(c3ccccc3)=NN21. The highest BCUT2D eigenvalue weighted by atomic mass is 79.9. The van der Waals surface area contributed by atoms with Crippen molar-refractivity contribution in [2.45, 2.75) is 18.9 Å². The van der Waals surface area contributed by atoms with Gasteiger partial charge >= 0.3 is 0 Å². The number of phenols is 1. The van der Waals surface area contributed by atoms with Crippen molar-refractivity contribution in [1.82, 2.24) is 5.32 Å². The van der Waals surface area contributed by atoms with E-state index < -0.39 is 18.9 Å². The van der Waals surface area contributed by atoms with Crippen molar-refractivity contribution < 1.29 is 19.3 Å². The molecule has 1 unspecified atom stereocenters. The highest BCUT2D eigenvalue weighted by Gasteiger charge is 2.44. The Morgan fingerprint density at radius 2 is 1.36 bits per heavy atom. The number of halogens is 4. The molecule has 0 spiro atoms. The molecule has 0 aliphatic carbocycles. The Hall–Kier alpha value is -3.43. The van der Waals surface area contributed by atoms with Crippen LogP contribution < -0.4 is 20.1 Å². The van der Waals surface area contributed by atoms with Crippen LogP contribution in [0, 0.1) is 0 Å². The normalized spacial score (nSPS) is 21.0. The Morgan fingerprint density at radius 1 is 0.750 bits per heavy atom. The van der Waals surface area contributed by atoms with Crippen molar-refractivity contribution in [1.29, 1.82) is 0 Å². The van der Waals surface area contributed by atoms with E-state index in [4.69, 9.17) is 24.4 Å². The summed E-state index contributed by atoms with van der Waals surface area (Å²) in [6.45, 7) is 0. The lowest BCUT2D eigenvalue weighted by Crippen LogP contribution is -2.49. The zero-order chi connectivity index (χ0) is 30.1. The minimum atomic E-state index is -0.865. The van der Waals surface area contributed by atoms with Crippen LogP contribution in [0.2, 0.25) is 0 Å². The highest BCUT2D eigenvalue weighted by Crippen LogP contribution is 2.51. The number of hydrogen-bond donors (Lipinski definition) is 2. The summed E-state index contributed by atoms with van der Waals surface area (Å²) in [5, 5.41) is 27.6. The molecule has 220 valence electrons. The van der Waals surface area contributed by atoms with Crippen molar-refractivity contribution in [2.24, 2.45) is 15.2 Å². The first-order valence-corrected chi connectivity index (χ1v) is 16.4. The molecule has 0 aromatic heterocycles. The second-order valence-electron chi connectivity index (χ2n) is 9.97. The lowest BCUT2D eigenvalue weighted by Gasteiger charge is -2.37. The predicted octanol–water partition coefficient (Wildman–Crippen LogP) is 7.52. The number of rotatable bonds is 4. The average molecular weight is 846 g/mol. The number of fused-ring (bicyclic) bond motifs is 6. The average Bonchev–Trinajstić information content (AvgIpc) is 3.66. The van der Waals surface area contributed by atoms with Crippen molar-refractivity contribution in [3.05, 3.63) is 113 Å². The van der Waals surface area contributed by atoms with E-state index in [-0.39, 0.29) is 5.75 Å². The molecule has 10 nitrogen and oxygen atoms in total. The van der Waals surface area contributed by atoms with Gasteiger partial charge in [0.2, 0.25) is 11.8 Å².